The molecule has 0 spiro atoms. The number of hydrogen-bond donors (Lipinski definition) is 0. The molecule has 0 atom stereocenters. The molecule has 1 amide bonds. The molecule has 2 heterocycles. The van der Waals surface area contributed by atoms with Gasteiger partial charge >= 0.3 is 6.18 Å². The number of alkyl halides is 3. The lowest BCUT2D eigenvalue weighted by Crippen LogP contribution is -2.42. The number of carbonyl (C=O) groups is 1. The first-order chi connectivity index (χ1) is 9.95. The van der Waals surface area contributed by atoms with Crippen molar-refractivity contribution >= 4 is 17.2 Å². The van der Waals surface area contributed by atoms with Gasteiger partial charge in [-0.05, 0) is 18.6 Å². The van der Waals surface area contributed by atoms with Crippen LogP contribution in [0.1, 0.15) is 22.5 Å². The lowest BCUT2D eigenvalue weighted by molar-refractivity contribution is -0.137. The molecule has 1 aromatic heterocycles. The highest BCUT2D eigenvalue weighted by Gasteiger charge is 2.31. The Morgan fingerprint density at radius 2 is 2.05 bits per heavy atom. The zero-order chi connectivity index (χ0) is 15.0. The Hall–Kier alpha value is -1.89. The van der Waals surface area contributed by atoms with Crippen molar-refractivity contribution in [3.8, 4) is 10.6 Å². The van der Waals surface area contributed by atoms with Crippen LogP contribution in [0.15, 0.2) is 29.6 Å². The Balaban J connectivity index is 1.87. The predicted octanol–water partition coefficient (Wildman–Crippen LogP) is 3.67. The second-order valence-corrected chi connectivity index (χ2v) is 5.62. The molecule has 1 aliphatic heterocycles. The first-order valence-electron chi connectivity index (χ1n) is 6.37. The van der Waals surface area contributed by atoms with Gasteiger partial charge in [0.05, 0.1) is 5.56 Å². The number of amides is 1. The predicted molar refractivity (Wildman–Crippen MR) is 73.1 cm³/mol. The van der Waals surface area contributed by atoms with Crippen molar-refractivity contribution < 1.29 is 18.0 Å². The van der Waals surface area contributed by atoms with Gasteiger partial charge in [-0.15, -0.1) is 11.3 Å². The second-order valence-electron chi connectivity index (χ2n) is 4.76. The summed E-state index contributed by atoms with van der Waals surface area (Å²) in [4.78, 5) is 17.8. The van der Waals surface area contributed by atoms with E-state index in [2.05, 4.69) is 4.98 Å². The summed E-state index contributed by atoms with van der Waals surface area (Å²) in [6.45, 7) is 1.44. The van der Waals surface area contributed by atoms with Crippen molar-refractivity contribution in [1.29, 1.82) is 0 Å². The molecule has 3 nitrogen and oxygen atoms in total. The Morgan fingerprint density at radius 1 is 1.29 bits per heavy atom. The van der Waals surface area contributed by atoms with Gasteiger partial charge in [0.15, 0.2) is 0 Å². The normalized spacial score (nSPS) is 14.9. The van der Waals surface area contributed by atoms with Crippen molar-refractivity contribution in [3.05, 3.63) is 40.9 Å². The van der Waals surface area contributed by atoms with E-state index in [-0.39, 0.29) is 5.91 Å². The Kier molecular flexibility index (Phi) is 3.44. The summed E-state index contributed by atoms with van der Waals surface area (Å²) in [5, 5.41) is 2.01. The van der Waals surface area contributed by atoms with Crippen LogP contribution in [0.2, 0.25) is 0 Å². The maximum Gasteiger partial charge on any atom is 0.416 e. The van der Waals surface area contributed by atoms with Crippen molar-refractivity contribution in [2.45, 2.75) is 12.6 Å². The van der Waals surface area contributed by atoms with Crippen LogP contribution in [-0.4, -0.2) is 28.9 Å². The van der Waals surface area contributed by atoms with Crippen molar-refractivity contribution in [3.63, 3.8) is 0 Å². The molecule has 1 saturated heterocycles. The van der Waals surface area contributed by atoms with E-state index in [4.69, 9.17) is 0 Å². The largest absolute Gasteiger partial charge is 0.416 e. The highest BCUT2D eigenvalue weighted by Crippen LogP contribution is 2.33. The fourth-order valence-corrected chi connectivity index (χ4v) is 2.81. The molecule has 1 aliphatic rings. The van der Waals surface area contributed by atoms with Gasteiger partial charge in [0.1, 0.15) is 10.7 Å². The fourth-order valence-electron chi connectivity index (χ4n) is 2.01. The van der Waals surface area contributed by atoms with Gasteiger partial charge in [0.2, 0.25) is 0 Å². The Labute approximate surface area is 123 Å². The van der Waals surface area contributed by atoms with Gasteiger partial charge < -0.3 is 4.90 Å². The summed E-state index contributed by atoms with van der Waals surface area (Å²) in [6.07, 6.45) is -3.40. The number of likely N-dealkylation sites (tertiary alicyclic amines) is 1. The standard InChI is InChI=1S/C14H11F3N2OS/c15-14(16,17)10-4-1-3-9(7-10)12-18-11(8-21-12)13(20)19-5-2-6-19/h1,3-4,7-8H,2,5-6H2. The molecule has 0 unspecified atom stereocenters. The lowest BCUT2D eigenvalue weighted by atomic mass is 10.1. The molecule has 0 N–H and O–H groups in total. The van der Waals surface area contributed by atoms with E-state index >= 15 is 0 Å². The molecule has 0 bridgehead atoms. The van der Waals surface area contributed by atoms with E-state index in [1.165, 1.54) is 17.4 Å². The van der Waals surface area contributed by atoms with Crippen LogP contribution in [0.25, 0.3) is 10.6 Å². The molecule has 0 saturated carbocycles. The zero-order valence-electron chi connectivity index (χ0n) is 10.9. The topological polar surface area (TPSA) is 33.2 Å². The summed E-state index contributed by atoms with van der Waals surface area (Å²) < 4.78 is 38.1. The molecule has 2 aromatic rings. The third kappa shape index (κ3) is 2.78. The minimum absolute atomic E-state index is 0.157. The van der Waals surface area contributed by atoms with Crippen molar-refractivity contribution in [2.75, 3.05) is 13.1 Å². The fraction of sp³-hybridized carbons (Fsp3) is 0.286. The highest BCUT2D eigenvalue weighted by atomic mass is 32.1. The van der Waals surface area contributed by atoms with Gasteiger partial charge in [0.25, 0.3) is 5.91 Å². The van der Waals surface area contributed by atoms with E-state index in [0.29, 0.717) is 16.3 Å². The number of thiazole rings is 1. The minimum atomic E-state index is -4.39. The summed E-state index contributed by atoms with van der Waals surface area (Å²) in [7, 11) is 0. The maximum atomic E-state index is 12.7. The average Bonchev–Trinajstić information content (AvgIpc) is 2.85. The number of carbonyl (C=O) groups excluding carboxylic acids is 1. The number of halogens is 3. The quantitative estimate of drug-likeness (QED) is 0.847. The molecule has 1 fully saturated rings. The van der Waals surface area contributed by atoms with Crippen LogP contribution in [0, 0.1) is 0 Å². The first kappa shape index (κ1) is 14.1. The van der Waals surface area contributed by atoms with Gasteiger partial charge in [0, 0.05) is 24.0 Å². The molecule has 21 heavy (non-hydrogen) atoms. The summed E-state index contributed by atoms with van der Waals surface area (Å²) >= 11 is 1.18. The lowest BCUT2D eigenvalue weighted by Gasteiger charge is -2.30. The maximum absolute atomic E-state index is 12.7. The average molecular weight is 312 g/mol. The van der Waals surface area contributed by atoms with Gasteiger partial charge in [-0.3, -0.25) is 4.79 Å². The summed E-state index contributed by atoms with van der Waals surface area (Å²) in [6, 6.07) is 4.97. The molecule has 7 heteroatoms. The number of aromatic nitrogens is 1. The van der Waals surface area contributed by atoms with E-state index < -0.39 is 11.7 Å². The second kappa shape index (κ2) is 5.14. The molecule has 110 valence electrons. The van der Waals surface area contributed by atoms with Crippen LogP contribution in [0.3, 0.4) is 0 Å². The smallest absolute Gasteiger partial charge is 0.337 e. The van der Waals surface area contributed by atoms with Crippen LogP contribution in [-0.2, 0) is 6.18 Å². The third-order valence-corrected chi connectivity index (χ3v) is 4.19. The number of rotatable bonds is 2. The number of nitrogens with zero attached hydrogens (tertiary/aromatic N) is 2. The SMILES string of the molecule is O=C(c1csc(-c2cccc(C(F)(F)F)c2)n1)N1CCC1. The number of hydrogen-bond acceptors (Lipinski definition) is 3. The molecule has 3 rings (SSSR count). The minimum Gasteiger partial charge on any atom is -0.337 e. The van der Waals surface area contributed by atoms with Crippen molar-refractivity contribution in [1.82, 2.24) is 9.88 Å². The molecule has 1 aromatic carbocycles. The van der Waals surface area contributed by atoms with E-state index in [9.17, 15) is 18.0 Å². The molecule has 0 aliphatic carbocycles. The zero-order valence-corrected chi connectivity index (χ0v) is 11.7. The Morgan fingerprint density at radius 3 is 2.67 bits per heavy atom. The highest BCUT2D eigenvalue weighted by molar-refractivity contribution is 7.13. The Bertz CT molecular complexity index is 677. The van der Waals surface area contributed by atoms with Gasteiger partial charge in [-0.1, -0.05) is 12.1 Å². The van der Waals surface area contributed by atoms with Crippen LogP contribution in [0.4, 0.5) is 13.2 Å². The van der Waals surface area contributed by atoms with Crippen LogP contribution in [0.5, 0.6) is 0 Å². The molecule has 0 radical (unpaired) electrons. The van der Waals surface area contributed by atoms with E-state index in [1.54, 1.807) is 16.3 Å². The third-order valence-electron chi connectivity index (χ3n) is 3.30. The van der Waals surface area contributed by atoms with E-state index in [1.807, 2.05) is 0 Å². The van der Waals surface area contributed by atoms with Crippen molar-refractivity contribution in [2.24, 2.45) is 0 Å². The van der Waals surface area contributed by atoms with Crippen LogP contribution >= 0.6 is 11.3 Å². The van der Waals surface area contributed by atoms with Gasteiger partial charge in [-0.2, -0.15) is 13.2 Å². The monoisotopic (exact) mass is 312 g/mol. The van der Waals surface area contributed by atoms with Crippen LogP contribution < -0.4 is 0 Å². The number of benzene rings is 1. The first-order valence-corrected chi connectivity index (χ1v) is 7.25. The molecular formula is C14H11F3N2OS. The van der Waals surface area contributed by atoms with Gasteiger partial charge in [-0.25, -0.2) is 4.98 Å². The summed E-state index contributed by atoms with van der Waals surface area (Å²) in [5.74, 6) is -0.157. The van der Waals surface area contributed by atoms with E-state index in [0.717, 1.165) is 31.6 Å². The summed E-state index contributed by atoms with van der Waals surface area (Å²) in [5.41, 5.74) is -0.0459. The molecular weight excluding hydrogens is 301 g/mol.